The molecule has 1 heterocycles. The zero-order valence-electron chi connectivity index (χ0n) is 13.0. The Morgan fingerprint density at radius 1 is 1.38 bits per heavy atom. The molecule has 1 aliphatic heterocycles. The van der Waals surface area contributed by atoms with Gasteiger partial charge >= 0.3 is 5.76 Å². The summed E-state index contributed by atoms with van der Waals surface area (Å²) < 4.78 is 48.6. The van der Waals surface area contributed by atoms with Crippen molar-refractivity contribution in [3.63, 3.8) is 0 Å². The van der Waals surface area contributed by atoms with Crippen LogP contribution in [0.2, 0.25) is 0 Å². The average molecular weight is 384 g/mol. The second-order valence-corrected chi connectivity index (χ2v) is 7.14. The van der Waals surface area contributed by atoms with Crippen molar-refractivity contribution in [2.75, 3.05) is 30.3 Å². The number of benzene rings is 1. The summed E-state index contributed by atoms with van der Waals surface area (Å²) in [6.45, 7) is 3.64. The number of rotatable bonds is 6. The van der Waals surface area contributed by atoms with Crippen molar-refractivity contribution >= 4 is 39.5 Å². The predicted octanol–water partition coefficient (Wildman–Crippen LogP) is 2.08. The summed E-state index contributed by atoms with van der Waals surface area (Å²) in [6, 6.07) is 3.55. The summed E-state index contributed by atoms with van der Waals surface area (Å²) in [5.74, 6) is -3.99. The van der Waals surface area contributed by atoms with Gasteiger partial charge in [-0.3, -0.25) is 4.79 Å². The second-order valence-electron chi connectivity index (χ2n) is 5.22. The van der Waals surface area contributed by atoms with Crippen molar-refractivity contribution in [2.45, 2.75) is 24.0 Å². The van der Waals surface area contributed by atoms with Gasteiger partial charge in [-0.25, -0.2) is 8.42 Å². The molecule has 1 amide bonds. The molecule has 0 bridgehead atoms. The average Bonchev–Trinajstić information content (AvgIpc) is 3.03. The smallest absolute Gasteiger partial charge is 0.341 e. The number of hydrogen-bond donors (Lipinski definition) is 3. The zero-order valence-corrected chi connectivity index (χ0v) is 14.6. The summed E-state index contributed by atoms with van der Waals surface area (Å²) in [6.07, 6.45) is 0.678. The molecule has 1 aromatic carbocycles. The van der Waals surface area contributed by atoms with E-state index < -0.39 is 20.5 Å². The SMILES string of the molecule is CCNc1ccc(S(=O)(=O)C(F)F)cc1NC(=O)C1CCNC1.Cl. The molecule has 1 fully saturated rings. The molecule has 136 valence electrons. The molecule has 0 saturated carbocycles. The molecule has 1 saturated heterocycles. The lowest BCUT2D eigenvalue weighted by Crippen LogP contribution is -2.25. The Kier molecular flexibility index (Phi) is 7.37. The maximum atomic E-state index is 12.7. The van der Waals surface area contributed by atoms with E-state index in [1.807, 2.05) is 6.92 Å². The number of anilines is 2. The molecular weight excluding hydrogens is 364 g/mol. The summed E-state index contributed by atoms with van der Waals surface area (Å²) >= 11 is 0. The van der Waals surface area contributed by atoms with E-state index >= 15 is 0 Å². The molecule has 0 aromatic heterocycles. The molecule has 3 N–H and O–H groups in total. The first-order valence-electron chi connectivity index (χ1n) is 7.27. The lowest BCUT2D eigenvalue weighted by Gasteiger charge is -2.16. The highest BCUT2D eigenvalue weighted by Gasteiger charge is 2.28. The predicted molar refractivity (Wildman–Crippen MR) is 90.6 cm³/mol. The fourth-order valence-corrected chi connectivity index (χ4v) is 3.11. The first kappa shape index (κ1) is 20.6. The highest BCUT2D eigenvalue weighted by atomic mass is 35.5. The highest BCUT2D eigenvalue weighted by molar-refractivity contribution is 7.91. The van der Waals surface area contributed by atoms with E-state index in [9.17, 15) is 22.0 Å². The number of carbonyl (C=O) groups is 1. The molecule has 0 radical (unpaired) electrons. The Labute approximate surface area is 145 Å². The summed E-state index contributed by atoms with van der Waals surface area (Å²) in [5.41, 5.74) is 0.672. The van der Waals surface area contributed by atoms with Crippen LogP contribution in [0.4, 0.5) is 20.2 Å². The van der Waals surface area contributed by atoms with E-state index in [4.69, 9.17) is 0 Å². The van der Waals surface area contributed by atoms with E-state index in [0.717, 1.165) is 18.7 Å². The monoisotopic (exact) mass is 383 g/mol. The molecule has 1 aliphatic rings. The van der Waals surface area contributed by atoms with Crippen LogP contribution >= 0.6 is 12.4 Å². The molecule has 0 aliphatic carbocycles. The summed E-state index contributed by atoms with van der Waals surface area (Å²) in [5, 5.41) is 8.66. The van der Waals surface area contributed by atoms with Gasteiger partial charge in [-0.2, -0.15) is 8.78 Å². The largest absolute Gasteiger partial charge is 0.384 e. The van der Waals surface area contributed by atoms with Crippen LogP contribution in [0.3, 0.4) is 0 Å². The Bertz CT molecular complexity index is 680. The first-order chi connectivity index (χ1) is 10.9. The van der Waals surface area contributed by atoms with Crippen LogP contribution < -0.4 is 16.0 Å². The van der Waals surface area contributed by atoms with Gasteiger partial charge in [0.25, 0.3) is 0 Å². The van der Waals surface area contributed by atoms with Crippen molar-refractivity contribution in [2.24, 2.45) is 5.92 Å². The van der Waals surface area contributed by atoms with Crippen LogP contribution in [-0.2, 0) is 14.6 Å². The molecule has 24 heavy (non-hydrogen) atoms. The van der Waals surface area contributed by atoms with Crippen molar-refractivity contribution in [1.82, 2.24) is 5.32 Å². The Morgan fingerprint density at radius 3 is 2.62 bits per heavy atom. The van der Waals surface area contributed by atoms with Gasteiger partial charge < -0.3 is 16.0 Å². The van der Waals surface area contributed by atoms with E-state index in [-0.39, 0.29) is 29.9 Å². The summed E-state index contributed by atoms with van der Waals surface area (Å²) in [7, 11) is -4.71. The standard InChI is InChI=1S/C14H19F2N3O3S.ClH/c1-2-18-11-4-3-10(23(21,22)14(15)16)7-12(11)19-13(20)9-5-6-17-8-9;/h3-4,7,9,14,17-18H,2,5-6,8H2,1H3,(H,19,20);1H. The van der Waals surface area contributed by atoms with Gasteiger partial charge in [0.15, 0.2) is 0 Å². The van der Waals surface area contributed by atoms with Crippen LogP contribution in [0.15, 0.2) is 23.1 Å². The Balaban J connectivity index is 0.00000288. The van der Waals surface area contributed by atoms with Crippen molar-refractivity contribution in [3.05, 3.63) is 18.2 Å². The molecule has 2 rings (SSSR count). The fourth-order valence-electron chi connectivity index (χ4n) is 2.36. The number of amides is 1. The molecular formula is C14H20ClF2N3O3S. The minimum absolute atomic E-state index is 0. The van der Waals surface area contributed by atoms with Crippen LogP contribution in [0.25, 0.3) is 0 Å². The first-order valence-corrected chi connectivity index (χ1v) is 8.82. The maximum Gasteiger partial charge on any atom is 0.341 e. The molecule has 1 atom stereocenters. The van der Waals surface area contributed by atoms with Crippen LogP contribution in [0, 0.1) is 5.92 Å². The maximum absolute atomic E-state index is 12.7. The number of alkyl halides is 2. The molecule has 10 heteroatoms. The van der Waals surface area contributed by atoms with Crippen molar-refractivity contribution in [3.8, 4) is 0 Å². The van der Waals surface area contributed by atoms with Crippen molar-refractivity contribution < 1.29 is 22.0 Å². The number of hydrogen-bond acceptors (Lipinski definition) is 5. The molecule has 1 aromatic rings. The lowest BCUT2D eigenvalue weighted by atomic mass is 10.1. The topological polar surface area (TPSA) is 87.3 Å². The van der Waals surface area contributed by atoms with Gasteiger partial charge in [0.1, 0.15) is 0 Å². The van der Waals surface area contributed by atoms with Crippen LogP contribution in [-0.4, -0.2) is 39.7 Å². The number of nitrogens with one attached hydrogen (secondary N) is 3. The third kappa shape index (κ3) is 4.55. The van der Waals surface area contributed by atoms with Crippen LogP contribution in [0.5, 0.6) is 0 Å². The summed E-state index contributed by atoms with van der Waals surface area (Å²) in [4.78, 5) is 11.7. The Morgan fingerprint density at radius 2 is 2.08 bits per heavy atom. The van der Waals surface area contributed by atoms with Gasteiger partial charge in [0, 0.05) is 13.1 Å². The highest BCUT2D eigenvalue weighted by Crippen LogP contribution is 2.29. The Hall–Kier alpha value is -1.45. The number of sulfone groups is 1. The molecule has 6 nitrogen and oxygen atoms in total. The van der Waals surface area contributed by atoms with Gasteiger partial charge in [0.05, 0.1) is 22.2 Å². The minimum atomic E-state index is -4.71. The van der Waals surface area contributed by atoms with E-state index in [0.29, 0.717) is 25.2 Å². The van der Waals surface area contributed by atoms with Crippen LogP contribution in [0.1, 0.15) is 13.3 Å². The van der Waals surface area contributed by atoms with Gasteiger partial charge in [0.2, 0.25) is 15.7 Å². The van der Waals surface area contributed by atoms with E-state index in [1.165, 1.54) is 6.07 Å². The van der Waals surface area contributed by atoms with Gasteiger partial charge in [-0.05, 0) is 38.1 Å². The number of carbonyl (C=O) groups excluding carboxylic acids is 1. The quantitative estimate of drug-likeness (QED) is 0.700. The molecule has 1 unspecified atom stereocenters. The number of halogens is 3. The minimum Gasteiger partial charge on any atom is -0.384 e. The van der Waals surface area contributed by atoms with E-state index in [2.05, 4.69) is 16.0 Å². The second kappa shape index (κ2) is 8.59. The fraction of sp³-hybridized carbons (Fsp3) is 0.500. The van der Waals surface area contributed by atoms with Gasteiger partial charge in [-0.1, -0.05) is 0 Å². The third-order valence-electron chi connectivity index (χ3n) is 3.61. The molecule has 0 spiro atoms. The lowest BCUT2D eigenvalue weighted by molar-refractivity contribution is -0.119. The normalized spacial score (nSPS) is 17.4. The van der Waals surface area contributed by atoms with Gasteiger partial charge in [-0.15, -0.1) is 12.4 Å². The zero-order chi connectivity index (χ0) is 17.0. The van der Waals surface area contributed by atoms with E-state index in [1.54, 1.807) is 0 Å². The third-order valence-corrected chi connectivity index (χ3v) is 4.99. The van der Waals surface area contributed by atoms with Crippen molar-refractivity contribution in [1.29, 1.82) is 0 Å².